The van der Waals surface area contributed by atoms with Crippen LogP contribution in [0.25, 0.3) is 0 Å². The first kappa shape index (κ1) is 14.6. The van der Waals surface area contributed by atoms with Gasteiger partial charge in [0.2, 0.25) is 11.6 Å². The minimum atomic E-state index is -0.708. The number of ether oxygens (including phenoxy) is 1. The molecule has 2 aromatic rings. The third-order valence-electron chi connectivity index (χ3n) is 2.77. The Morgan fingerprint density at radius 2 is 2.05 bits per heavy atom. The Kier molecular flexibility index (Phi) is 3.97. The van der Waals surface area contributed by atoms with E-state index < -0.39 is 16.4 Å². The predicted molar refractivity (Wildman–Crippen MR) is 74.2 cm³/mol. The highest BCUT2D eigenvalue weighted by Crippen LogP contribution is 2.33. The highest BCUT2D eigenvalue weighted by atomic mass is 19.1. The van der Waals surface area contributed by atoms with Crippen molar-refractivity contribution < 1.29 is 14.1 Å². The van der Waals surface area contributed by atoms with E-state index in [1.165, 1.54) is 6.07 Å². The molecule has 0 saturated carbocycles. The number of rotatable bonds is 4. The summed E-state index contributed by atoms with van der Waals surface area (Å²) < 4.78 is 18.6. The van der Waals surface area contributed by atoms with Crippen LogP contribution < -0.4 is 10.1 Å². The van der Waals surface area contributed by atoms with Crippen molar-refractivity contribution in [2.45, 2.75) is 13.8 Å². The number of nitro groups is 1. The summed E-state index contributed by atoms with van der Waals surface area (Å²) in [4.78, 5) is 18.5. The molecule has 0 radical (unpaired) electrons. The maximum atomic E-state index is 13.1. The average molecular weight is 292 g/mol. The lowest BCUT2D eigenvalue weighted by Crippen LogP contribution is -2.03. The van der Waals surface area contributed by atoms with Gasteiger partial charge >= 0.3 is 5.69 Å². The molecular weight excluding hydrogens is 279 g/mol. The Morgan fingerprint density at radius 3 is 2.67 bits per heavy atom. The topological polar surface area (TPSA) is 90.2 Å². The van der Waals surface area contributed by atoms with Gasteiger partial charge in [-0.25, -0.2) is 9.37 Å². The molecule has 1 aromatic heterocycles. The molecule has 0 aliphatic rings. The van der Waals surface area contributed by atoms with Gasteiger partial charge in [-0.2, -0.15) is 4.98 Å². The second-order valence-corrected chi connectivity index (χ2v) is 4.27. The van der Waals surface area contributed by atoms with Crippen LogP contribution in [0.3, 0.4) is 0 Å². The van der Waals surface area contributed by atoms with Gasteiger partial charge in [-0.05, 0) is 26.0 Å². The highest BCUT2D eigenvalue weighted by molar-refractivity contribution is 5.52. The second kappa shape index (κ2) is 5.70. The number of anilines is 1. The molecule has 0 aliphatic carbocycles. The van der Waals surface area contributed by atoms with Crippen LogP contribution in [0, 0.1) is 29.8 Å². The van der Waals surface area contributed by atoms with Crippen LogP contribution in [0.5, 0.6) is 11.6 Å². The van der Waals surface area contributed by atoms with Gasteiger partial charge in [0.05, 0.1) is 16.6 Å². The zero-order valence-electron chi connectivity index (χ0n) is 11.7. The summed E-state index contributed by atoms with van der Waals surface area (Å²) in [6.07, 6.45) is 0. The fourth-order valence-electron chi connectivity index (χ4n) is 1.77. The van der Waals surface area contributed by atoms with Crippen molar-refractivity contribution in [2.24, 2.45) is 0 Å². The van der Waals surface area contributed by atoms with E-state index in [4.69, 9.17) is 4.74 Å². The van der Waals surface area contributed by atoms with Gasteiger partial charge in [0.1, 0.15) is 17.5 Å². The second-order valence-electron chi connectivity index (χ2n) is 4.27. The Hall–Kier alpha value is -2.77. The third-order valence-corrected chi connectivity index (χ3v) is 2.77. The van der Waals surface area contributed by atoms with Gasteiger partial charge < -0.3 is 10.1 Å². The lowest BCUT2D eigenvalue weighted by molar-refractivity contribution is -0.385. The first-order valence-electron chi connectivity index (χ1n) is 6.07. The molecular formula is C13H13FN4O3. The van der Waals surface area contributed by atoms with Gasteiger partial charge in [0, 0.05) is 7.05 Å². The van der Waals surface area contributed by atoms with Crippen LogP contribution in [-0.2, 0) is 0 Å². The Morgan fingerprint density at radius 1 is 1.33 bits per heavy atom. The highest BCUT2D eigenvalue weighted by Gasteiger charge is 2.19. The minimum Gasteiger partial charge on any atom is -0.431 e. The molecule has 0 bridgehead atoms. The zero-order chi connectivity index (χ0) is 15.6. The summed E-state index contributed by atoms with van der Waals surface area (Å²) in [5.41, 5.74) is 0.137. The number of halogens is 1. The van der Waals surface area contributed by atoms with Crippen molar-refractivity contribution in [3.8, 4) is 11.6 Å². The first-order chi connectivity index (χ1) is 9.92. The molecule has 8 heteroatoms. The molecule has 0 saturated heterocycles. The predicted octanol–water partition coefficient (Wildman–Crippen LogP) is 2.97. The van der Waals surface area contributed by atoms with Crippen molar-refractivity contribution in [1.29, 1.82) is 0 Å². The molecule has 0 spiro atoms. The molecule has 0 aliphatic heterocycles. The van der Waals surface area contributed by atoms with Gasteiger partial charge in [-0.15, -0.1) is 0 Å². The Bertz CT molecular complexity index is 706. The Labute approximate surface area is 120 Å². The fraction of sp³-hybridized carbons (Fsp3) is 0.231. The van der Waals surface area contributed by atoms with Crippen molar-refractivity contribution in [3.63, 3.8) is 0 Å². The zero-order valence-corrected chi connectivity index (χ0v) is 11.7. The summed E-state index contributed by atoms with van der Waals surface area (Å²) in [5.74, 6) is 0.402. The van der Waals surface area contributed by atoms with E-state index in [1.807, 2.05) is 0 Å². The summed E-state index contributed by atoms with van der Waals surface area (Å²) in [7, 11) is 1.69. The van der Waals surface area contributed by atoms with Gasteiger partial charge in [-0.1, -0.05) is 0 Å². The van der Waals surface area contributed by atoms with Crippen molar-refractivity contribution >= 4 is 11.5 Å². The number of hydrogen-bond donors (Lipinski definition) is 1. The van der Waals surface area contributed by atoms with Crippen LogP contribution in [0.2, 0.25) is 0 Å². The number of nitrogens with one attached hydrogen (secondary N) is 1. The number of aromatic nitrogens is 2. The number of aryl methyl sites for hydroxylation is 1. The van der Waals surface area contributed by atoms with Gasteiger partial charge in [0.25, 0.3) is 0 Å². The van der Waals surface area contributed by atoms with Crippen LogP contribution in [0.1, 0.15) is 11.4 Å². The summed E-state index contributed by atoms with van der Waals surface area (Å²) in [6, 6.07) is 3.09. The monoisotopic (exact) mass is 292 g/mol. The van der Waals surface area contributed by atoms with Gasteiger partial charge in [0.15, 0.2) is 0 Å². The molecule has 0 atom stereocenters. The Balaban J connectivity index is 2.48. The van der Waals surface area contributed by atoms with E-state index >= 15 is 0 Å². The van der Waals surface area contributed by atoms with E-state index in [-0.39, 0.29) is 11.6 Å². The summed E-state index contributed by atoms with van der Waals surface area (Å²) in [5, 5.41) is 13.8. The van der Waals surface area contributed by atoms with Crippen LogP contribution in [0.4, 0.5) is 15.9 Å². The molecule has 1 N–H and O–H groups in total. The number of hydrogen-bond acceptors (Lipinski definition) is 6. The average Bonchev–Trinajstić information content (AvgIpc) is 2.44. The van der Waals surface area contributed by atoms with Crippen molar-refractivity contribution in [3.05, 3.63) is 45.5 Å². The maximum absolute atomic E-state index is 13.1. The summed E-state index contributed by atoms with van der Waals surface area (Å²) >= 11 is 0. The molecule has 1 heterocycles. The lowest BCUT2D eigenvalue weighted by Gasteiger charge is -2.11. The molecule has 21 heavy (non-hydrogen) atoms. The molecule has 0 fully saturated rings. The smallest absolute Gasteiger partial charge is 0.314 e. The normalized spacial score (nSPS) is 10.3. The van der Waals surface area contributed by atoms with E-state index in [2.05, 4.69) is 15.3 Å². The van der Waals surface area contributed by atoms with Crippen LogP contribution in [-0.4, -0.2) is 21.9 Å². The van der Waals surface area contributed by atoms with Crippen molar-refractivity contribution in [1.82, 2.24) is 9.97 Å². The third kappa shape index (κ3) is 3.04. The van der Waals surface area contributed by atoms with Crippen LogP contribution in [0.15, 0.2) is 18.2 Å². The van der Waals surface area contributed by atoms with E-state index in [0.29, 0.717) is 17.2 Å². The van der Waals surface area contributed by atoms with Gasteiger partial charge in [-0.3, -0.25) is 10.1 Å². The number of benzene rings is 1. The van der Waals surface area contributed by atoms with E-state index in [9.17, 15) is 14.5 Å². The molecule has 110 valence electrons. The molecule has 0 amide bonds. The molecule has 7 nitrogen and oxygen atoms in total. The molecule has 0 unspecified atom stereocenters. The van der Waals surface area contributed by atoms with E-state index in [0.717, 1.165) is 12.1 Å². The maximum Gasteiger partial charge on any atom is 0.314 e. The fourth-order valence-corrected chi connectivity index (χ4v) is 1.77. The largest absolute Gasteiger partial charge is 0.431 e. The number of nitro benzene ring substituents is 1. The van der Waals surface area contributed by atoms with E-state index in [1.54, 1.807) is 20.9 Å². The van der Waals surface area contributed by atoms with Crippen molar-refractivity contribution in [2.75, 3.05) is 12.4 Å². The standard InChI is InChI=1S/C13H13FN4O3/c1-7-12(15-3)16-8(2)17-13(7)21-11-5-4-9(14)6-10(11)18(19)20/h4-6H,1-3H3,(H,15,16,17). The van der Waals surface area contributed by atoms with Crippen LogP contribution >= 0.6 is 0 Å². The quantitative estimate of drug-likeness (QED) is 0.688. The SMILES string of the molecule is CNc1nc(C)nc(Oc2ccc(F)cc2[N+](=O)[O-])c1C. The summed E-state index contributed by atoms with van der Waals surface area (Å²) in [6.45, 7) is 3.39. The minimum absolute atomic E-state index is 0.0790. The number of nitrogens with zero attached hydrogens (tertiary/aromatic N) is 3. The molecule has 2 rings (SSSR count). The molecule has 1 aromatic carbocycles. The lowest BCUT2D eigenvalue weighted by atomic mass is 10.3. The first-order valence-corrected chi connectivity index (χ1v) is 6.07.